The number of carbonyl (C=O) groups is 1. The maximum absolute atomic E-state index is 13.0. The van der Waals surface area contributed by atoms with Gasteiger partial charge in [0.05, 0.1) is 0 Å². The smallest absolute Gasteiger partial charge is 0.256 e. The van der Waals surface area contributed by atoms with Crippen LogP contribution in [0, 0.1) is 13.8 Å². The lowest BCUT2D eigenvalue weighted by atomic mass is 10.0. The highest BCUT2D eigenvalue weighted by Crippen LogP contribution is 2.29. The van der Waals surface area contributed by atoms with E-state index in [-0.39, 0.29) is 5.91 Å². The molecule has 0 atom stereocenters. The maximum Gasteiger partial charge on any atom is 0.256 e. The molecular weight excluding hydrogens is 452 g/mol. The predicted octanol–water partition coefficient (Wildman–Crippen LogP) is 7.28. The minimum atomic E-state index is -0.166. The summed E-state index contributed by atoms with van der Waals surface area (Å²) in [5.41, 5.74) is 6.03. The highest BCUT2D eigenvalue weighted by Gasteiger charge is 2.14. The molecule has 1 heterocycles. The Balaban J connectivity index is 1.47. The van der Waals surface area contributed by atoms with Gasteiger partial charge >= 0.3 is 0 Å². The maximum atomic E-state index is 13.0. The molecule has 0 spiro atoms. The van der Waals surface area contributed by atoms with Crippen molar-refractivity contribution in [1.29, 1.82) is 0 Å². The number of carbonyl (C=O) groups excluding carboxylic acids is 1. The zero-order chi connectivity index (χ0) is 21.5. The van der Waals surface area contributed by atoms with Gasteiger partial charge in [0.25, 0.3) is 5.91 Å². The number of amides is 1. The fourth-order valence-electron chi connectivity index (χ4n) is 3.67. The molecule has 0 saturated heterocycles. The molecule has 0 radical (unpaired) electrons. The number of nitrogens with one attached hydrogen (secondary N) is 1. The number of halogens is 1. The molecule has 0 bridgehead atoms. The highest BCUT2D eigenvalue weighted by molar-refractivity contribution is 9.10. The van der Waals surface area contributed by atoms with E-state index < -0.39 is 0 Å². The van der Waals surface area contributed by atoms with Gasteiger partial charge in [-0.25, -0.2) is 4.98 Å². The first-order valence-corrected chi connectivity index (χ1v) is 10.8. The number of aromatic nitrogens is 1. The van der Waals surface area contributed by atoms with Crippen LogP contribution in [-0.2, 0) is 0 Å². The molecule has 0 aliphatic rings. The van der Waals surface area contributed by atoms with E-state index in [1.54, 1.807) is 0 Å². The normalized spacial score (nSPS) is 11.2. The fourth-order valence-corrected chi connectivity index (χ4v) is 4.17. The zero-order valence-electron chi connectivity index (χ0n) is 17.1. The van der Waals surface area contributed by atoms with E-state index >= 15 is 0 Å². The third-order valence-corrected chi connectivity index (χ3v) is 6.20. The Bertz CT molecular complexity index is 1470. The molecule has 5 rings (SSSR count). The second-order valence-corrected chi connectivity index (χ2v) is 8.45. The number of aryl methyl sites for hydroxylation is 2. The Kier molecular flexibility index (Phi) is 4.83. The van der Waals surface area contributed by atoms with Crippen molar-refractivity contribution >= 4 is 49.4 Å². The van der Waals surface area contributed by atoms with Gasteiger partial charge in [-0.15, -0.1) is 0 Å². The van der Waals surface area contributed by atoms with E-state index in [0.717, 1.165) is 20.8 Å². The average Bonchev–Trinajstić information content (AvgIpc) is 3.19. The molecule has 1 N–H and O–H groups in total. The number of nitrogens with zero attached hydrogens (tertiary/aromatic N) is 1. The summed E-state index contributed by atoms with van der Waals surface area (Å²) in [5, 5.41) is 4.89. The molecule has 5 heteroatoms. The molecule has 31 heavy (non-hydrogen) atoms. The lowest BCUT2D eigenvalue weighted by Gasteiger charge is -2.09. The van der Waals surface area contributed by atoms with E-state index in [1.165, 1.54) is 11.1 Å². The van der Waals surface area contributed by atoms with Gasteiger partial charge in [0, 0.05) is 21.3 Å². The third-order valence-electron chi connectivity index (χ3n) is 5.51. The van der Waals surface area contributed by atoms with Crippen LogP contribution in [0.25, 0.3) is 33.3 Å². The number of anilines is 1. The van der Waals surface area contributed by atoms with Crippen molar-refractivity contribution in [2.24, 2.45) is 0 Å². The summed E-state index contributed by atoms with van der Waals surface area (Å²) in [4.78, 5) is 17.6. The van der Waals surface area contributed by atoms with E-state index in [2.05, 4.69) is 52.2 Å². The number of benzene rings is 4. The summed E-state index contributed by atoms with van der Waals surface area (Å²) in [5.74, 6) is 0.404. The molecule has 1 amide bonds. The van der Waals surface area contributed by atoms with E-state index in [9.17, 15) is 4.79 Å². The van der Waals surface area contributed by atoms with E-state index in [4.69, 9.17) is 4.42 Å². The van der Waals surface area contributed by atoms with Crippen LogP contribution in [-0.4, -0.2) is 10.9 Å². The Morgan fingerprint density at radius 1 is 0.903 bits per heavy atom. The van der Waals surface area contributed by atoms with Crippen molar-refractivity contribution in [2.75, 3.05) is 5.32 Å². The third kappa shape index (κ3) is 3.62. The number of fused-ring (bicyclic) bond motifs is 2. The molecule has 0 unspecified atom stereocenters. The summed E-state index contributed by atoms with van der Waals surface area (Å²) < 4.78 is 6.90. The molecule has 5 aromatic rings. The van der Waals surface area contributed by atoms with Crippen LogP contribution in [0.3, 0.4) is 0 Å². The number of oxazole rings is 1. The molecule has 0 fully saturated rings. The Morgan fingerprint density at radius 2 is 1.71 bits per heavy atom. The first kappa shape index (κ1) is 19.5. The van der Waals surface area contributed by atoms with Crippen molar-refractivity contribution < 1.29 is 9.21 Å². The van der Waals surface area contributed by atoms with Gasteiger partial charge in [0.15, 0.2) is 5.58 Å². The van der Waals surface area contributed by atoms with Crippen LogP contribution < -0.4 is 5.32 Å². The van der Waals surface area contributed by atoms with Crippen molar-refractivity contribution in [2.45, 2.75) is 13.8 Å². The molecule has 0 saturated carbocycles. The molecular formula is C26H19BrN2O2. The van der Waals surface area contributed by atoms with Gasteiger partial charge in [-0.2, -0.15) is 0 Å². The van der Waals surface area contributed by atoms with Crippen LogP contribution in [0.5, 0.6) is 0 Å². The summed E-state index contributed by atoms with van der Waals surface area (Å²) >= 11 is 3.55. The lowest BCUT2D eigenvalue weighted by molar-refractivity contribution is 0.102. The number of hydrogen-bond acceptors (Lipinski definition) is 3. The topological polar surface area (TPSA) is 55.1 Å². The second kappa shape index (κ2) is 7.67. The number of rotatable bonds is 3. The monoisotopic (exact) mass is 470 g/mol. The van der Waals surface area contributed by atoms with Crippen LogP contribution in [0.2, 0.25) is 0 Å². The van der Waals surface area contributed by atoms with E-state index in [0.29, 0.717) is 28.2 Å². The zero-order valence-corrected chi connectivity index (χ0v) is 18.7. The summed E-state index contributed by atoms with van der Waals surface area (Å²) in [6.45, 7) is 4.15. The largest absolute Gasteiger partial charge is 0.436 e. The van der Waals surface area contributed by atoms with Gasteiger partial charge in [-0.3, -0.25) is 4.79 Å². The van der Waals surface area contributed by atoms with Crippen LogP contribution in [0.1, 0.15) is 21.5 Å². The Hall–Kier alpha value is -3.44. The van der Waals surface area contributed by atoms with Crippen molar-refractivity contribution in [3.8, 4) is 11.5 Å². The average molecular weight is 471 g/mol. The first-order valence-electron chi connectivity index (χ1n) is 9.96. The minimum absolute atomic E-state index is 0.166. The van der Waals surface area contributed by atoms with Crippen molar-refractivity contribution in [3.63, 3.8) is 0 Å². The van der Waals surface area contributed by atoms with Gasteiger partial charge in [-0.1, -0.05) is 46.3 Å². The Morgan fingerprint density at radius 3 is 2.55 bits per heavy atom. The van der Waals surface area contributed by atoms with Gasteiger partial charge in [0.2, 0.25) is 5.89 Å². The highest BCUT2D eigenvalue weighted by atomic mass is 79.9. The summed E-state index contributed by atoms with van der Waals surface area (Å²) in [6.07, 6.45) is 0. The van der Waals surface area contributed by atoms with Crippen LogP contribution in [0.4, 0.5) is 5.69 Å². The molecule has 152 valence electrons. The Labute approximate surface area is 188 Å². The van der Waals surface area contributed by atoms with Crippen molar-refractivity contribution in [1.82, 2.24) is 4.98 Å². The second-order valence-electron chi connectivity index (χ2n) is 7.60. The standard InChI is InChI=1S/C26H19BrN2O2/c1-15-9-10-17(13-16(15)2)26-29-23-14-18(11-12-24(23)31-26)28-25(30)21-7-3-6-20-19(21)5-4-8-22(20)27/h3-14H,1-2H3,(H,28,30). The van der Waals surface area contributed by atoms with E-state index in [1.807, 2.05) is 60.7 Å². The predicted molar refractivity (Wildman–Crippen MR) is 129 cm³/mol. The van der Waals surface area contributed by atoms with Crippen LogP contribution >= 0.6 is 15.9 Å². The summed E-state index contributed by atoms with van der Waals surface area (Å²) in [7, 11) is 0. The number of hydrogen-bond donors (Lipinski definition) is 1. The quantitative estimate of drug-likeness (QED) is 0.301. The molecule has 1 aromatic heterocycles. The van der Waals surface area contributed by atoms with Gasteiger partial charge in [0.1, 0.15) is 5.52 Å². The van der Waals surface area contributed by atoms with Gasteiger partial charge in [-0.05, 0) is 78.2 Å². The molecule has 0 aliphatic carbocycles. The minimum Gasteiger partial charge on any atom is -0.436 e. The molecule has 4 nitrogen and oxygen atoms in total. The first-order chi connectivity index (χ1) is 15.0. The van der Waals surface area contributed by atoms with Crippen molar-refractivity contribution in [3.05, 3.63) is 94.0 Å². The fraction of sp³-hybridized carbons (Fsp3) is 0.0769. The van der Waals surface area contributed by atoms with Crippen LogP contribution in [0.15, 0.2) is 81.7 Å². The SMILES string of the molecule is Cc1ccc(-c2nc3cc(NC(=O)c4cccc5c(Br)cccc45)ccc3o2)cc1C. The van der Waals surface area contributed by atoms with Gasteiger partial charge < -0.3 is 9.73 Å². The summed E-state index contributed by atoms with van der Waals surface area (Å²) in [6, 6.07) is 23.2. The molecule has 4 aromatic carbocycles. The lowest BCUT2D eigenvalue weighted by Crippen LogP contribution is -2.12. The molecule has 0 aliphatic heterocycles.